The van der Waals surface area contributed by atoms with Gasteiger partial charge in [-0.05, 0) is 31.6 Å². The van der Waals surface area contributed by atoms with Gasteiger partial charge in [-0.25, -0.2) is 14.4 Å². The minimum absolute atomic E-state index is 0.200. The number of benzene rings is 1. The van der Waals surface area contributed by atoms with Crippen molar-refractivity contribution >= 4 is 54.9 Å². The number of pyridine rings is 1. The van der Waals surface area contributed by atoms with Crippen molar-refractivity contribution in [2.45, 2.75) is 25.7 Å². The molecule has 0 amide bonds. The molecule has 1 aromatic carbocycles. The Balaban J connectivity index is 1.60. The summed E-state index contributed by atoms with van der Waals surface area (Å²) in [7, 11) is 4.15. The van der Waals surface area contributed by atoms with Crippen molar-refractivity contribution in [3.8, 4) is 17.3 Å². The van der Waals surface area contributed by atoms with Crippen LogP contribution in [0.4, 0.5) is 15.3 Å². The van der Waals surface area contributed by atoms with Gasteiger partial charge >= 0.3 is 0 Å². The van der Waals surface area contributed by atoms with Gasteiger partial charge < -0.3 is 20.3 Å². The standard InChI is InChI=1S/C24H21ClFN7OS/c1-32(2)11-3-4-33(8-11)24-30-6-13-14-9-34-10-15(14)17(19(25)20(13)31-24)21-18-12(5-27)23(28)35-22(18)16(26)7-29-21/h6-7,11H,3-4,8-10,28H2,1-2H3/t11-/m0/s1. The molecular formula is C24H21ClFN7OS. The average Bonchev–Trinajstić information content (AvgIpc) is 3.59. The maximum Gasteiger partial charge on any atom is 0.225 e. The topological polar surface area (TPSA) is 104 Å². The van der Waals surface area contributed by atoms with E-state index in [9.17, 15) is 9.65 Å². The van der Waals surface area contributed by atoms with Crippen LogP contribution in [0.5, 0.6) is 0 Å². The number of thiophene rings is 1. The van der Waals surface area contributed by atoms with Crippen LogP contribution in [0.2, 0.25) is 5.02 Å². The lowest BCUT2D eigenvalue weighted by Crippen LogP contribution is -2.32. The third kappa shape index (κ3) is 3.34. The second-order valence-corrected chi connectivity index (χ2v) is 10.5. The van der Waals surface area contributed by atoms with Crippen molar-refractivity contribution in [3.63, 3.8) is 0 Å². The van der Waals surface area contributed by atoms with Crippen LogP contribution < -0.4 is 10.6 Å². The number of fused-ring (bicyclic) bond motifs is 4. The summed E-state index contributed by atoms with van der Waals surface area (Å²) >= 11 is 8.08. The molecule has 1 saturated heterocycles. The molecule has 3 aromatic heterocycles. The molecule has 6 rings (SSSR count). The quantitative estimate of drug-likeness (QED) is 0.435. The van der Waals surface area contributed by atoms with Gasteiger partial charge in [-0.15, -0.1) is 11.3 Å². The molecule has 0 unspecified atom stereocenters. The van der Waals surface area contributed by atoms with Gasteiger partial charge in [0.25, 0.3) is 0 Å². The number of hydrogen-bond acceptors (Lipinski definition) is 9. The zero-order valence-electron chi connectivity index (χ0n) is 19.1. The molecule has 2 aliphatic heterocycles. The van der Waals surface area contributed by atoms with Gasteiger partial charge in [0.1, 0.15) is 11.1 Å². The first-order valence-electron chi connectivity index (χ1n) is 11.1. The van der Waals surface area contributed by atoms with E-state index in [1.807, 2.05) is 0 Å². The highest BCUT2D eigenvalue weighted by atomic mass is 35.5. The summed E-state index contributed by atoms with van der Waals surface area (Å²) in [5, 5.41) is 11.6. The lowest BCUT2D eigenvalue weighted by atomic mass is 9.94. The third-order valence-corrected chi connectivity index (χ3v) is 8.30. The number of nitriles is 1. The SMILES string of the molecule is CN(C)[C@H]1CCN(c2ncc3c4c(c(-c5ncc(F)c6sc(N)c(C#N)c56)c(Cl)c3n2)COC4)C1. The van der Waals surface area contributed by atoms with E-state index in [0.29, 0.717) is 52.4 Å². The Morgan fingerprint density at radius 3 is 2.83 bits per heavy atom. The number of halogens is 2. The van der Waals surface area contributed by atoms with Crippen molar-refractivity contribution in [1.29, 1.82) is 5.26 Å². The summed E-state index contributed by atoms with van der Waals surface area (Å²) in [6.07, 6.45) is 3.98. The van der Waals surface area contributed by atoms with Gasteiger partial charge in [0.15, 0.2) is 5.82 Å². The number of nitrogens with zero attached hydrogens (tertiary/aromatic N) is 6. The highest BCUT2D eigenvalue weighted by molar-refractivity contribution is 7.23. The van der Waals surface area contributed by atoms with Crippen LogP contribution in [-0.2, 0) is 18.0 Å². The molecule has 35 heavy (non-hydrogen) atoms. The Bertz CT molecular complexity index is 1560. The number of rotatable bonds is 3. The van der Waals surface area contributed by atoms with Crippen molar-refractivity contribution in [2.24, 2.45) is 0 Å². The molecule has 0 radical (unpaired) electrons. The van der Waals surface area contributed by atoms with Crippen LogP contribution in [0.1, 0.15) is 23.1 Å². The molecule has 8 nitrogen and oxygen atoms in total. The summed E-state index contributed by atoms with van der Waals surface area (Å²) in [5.74, 6) is 0.0871. The summed E-state index contributed by atoms with van der Waals surface area (Å²) in [5.41, 5.74) is 9.64. The second-order valence-electron chi connectivity index (χ2n) is 9.04. The Morgan fingerprint density at radius 2 is 2.09 bits per heavy atom. The molecule has 2 aliphatic rings. The maximum atomic E-state index is 14.6. The molecule has 11 heteroatoms. The number of anilines is 2. The summed E-state index contributed by atoms with van der Waals surface area (Å²) in [4.78, 5) is 18.3. The van der Waals surface area contributed by atoms with Gasteiger partial charge in [-0.3, -0.25) is 4.98 Å². The number of likely N-dealkylation sites (N-methyl/N-ethyl adjacent to an activating group) is 1. The van der Waals surface area contributed by atoms with Gasteiger partial charge in [0.05, 0.1) is 45.9 Å². The number of aromatic nitrogens is 3. The Hall–Kier alpha value is -3.10. The summed E-state index contributed by atoms with van der Waals surface area (Å²) in [6, 6.07) is 2.54. The molecule has 4 aromatic rings. The fourth-order valence-corrected chi connectivity index (χ4v) is 6.30. The van der Waals surface area contributed by atoms with Gasteiger partial charge in [-0.1, -0.05) is 11.6 Å². The molecule has 0 spiro atoms. The Kier molecular flexibility index (Phi) is 5.27. The molecular weight excluding hydrogens is 489 g/mol. The fourth-order valence-electron chi connectivity index (χ4n) is 5.04. The van der Waals surface area contributed by atoms with Crippen LogP contribution in [0.25, 0.3) is 32.2 Å². The van der Waals surface area contributed by atoms with E-state index in [0.717, 1.165) is 53.6 Å². The number of nitrogens with two attached hydrogens (primary N) is 1. The van der Waals surface area contributed by atoms with E-state index in [1.165, 1.54) is 0 Å². The van der Waals surface area contributed by atoms with Gasteiger partial charge in [0.2, 0.25) is 5.95 Å². The summed E-state index contributed by atoms with van der Waals surface area (Å²) in [6.45, 7) is 2.39. The highest BCUT2D eigenvalue weighted by Crippen LogP contribution is 2.47. The number of nitrogen functional groups attached to an aromatic ring is 1. The molecule has 2 N–H and O–H groups in total. The van der Waals surface area contributed by atoms with E-state index in [2.05, 4.69) is 39.9 Å². The fraction of sp³-hybridized carbons (Fsp3) is 0.333. The van der Waals surface area contributed by atoms with E-state index >= 15 is 0 Å². The van der Waals surface area contributed by atoms with Crippen LogP contribution >= 0.6 is 22.9 Å². The van der Waals surface area contributed by atoms with Crippen molar-refractivity contribution in [3.05, 3.63) is 39.9 Å². The molecule has 0 saturated carbocycles. The maximum absolute atomic E-state index is 14.6. The lowest BCUT2D eigenvalue weighted by Gasteiger charge is -2.21. The van der Waals surface area contributed by atoms with Crippen molar-refractivity contribution in [2.75, 3.05) is 37.8 Å². The van der Waals surface area contributed by atoms with Crippen LogP contribution in [0.15, 0.2) is 12.4 Å². The highest BCUT2D eigenvalue weighted by Gasteiger charge is 2.30. The largest absolute Gasteiger partial charge is 0.389 e. The molecule has 178 valence electrons. The first-order chi connectivity index (χ1) is 16.9. The zero-order valence-corrected chi connectivity index (χ0v) is 20.7. The van der Waals surface area contributed by atoms with E-state index in [-0.39, 0.29) is 15.3 Å². The van der Waals surface area contributed by atoms with E-state index < -0.39 is 5.82 Å². The number of hydrogen-bond donors (Lipinski definition) is 1. The summed E-state index contributed by atoms with van der Waals surface area (Å²) < 4.78 is 20.7. The Labute approximate surface area is 209 Å². The minimum Gasteiger partial charge on any atom is -0.389 e. The zero-order chi connectivity index (χ0) is 24.4. The smallest absolute Gasteiger partial charge is 0.225 e. The predicted molar refractivity (Wildman–Crippen MR) is 135 cm³/mol. The Morgan fingerprint density at radius 1 is 1.29 bits per heavy atom. The monoisotopic (exact) mass is 509 g/mol. The third-order valence-electron chi connectivity index (χ3n) is 6.91. The van der Waals surface area contributed by atoms with Crippen molar-refractivity contribution in [1.82, 2.24) is 19.9 Å². The van der Waals surface area contributed by atoms with E-state index in [4.69, 9.17) is 27.1 Å². The van der Waals surface area contributed by atoms with Gasteiger partial charge in [0, 0.05) is 41.7 Å². The van der Waals surface area contributed by atoms with Gasteiger partial charge in [-0.2, -0.15) is 5.26 Å². The normalized spacial score (nSPS) is 17.6. The molecule has 0 bridgehead atoms. The first-order valence-corrected chi connectivity index (χ1v) is 12.3. The van der Waals surface area contributed by atoms with Crippen LogP contribution in [0, 0.1) is 17.1 Å². The van der Waals surface area contributed by atoms with Crippen molar-refractivity contribution < 1.29 is 9.13 Å². The average molecular weight is 510 g/mol. The second kappa shape index (κ2) is 8.24. The lowest BCUT2D eigenvalue weighted by molar-refractivity contribution is 0.135. The first kappa shape index (κ1) is 22.4. The van der Waals surface area contributed by atoms with Crippen LogP contribution in [0.3, 0.4) is 0 Å². The minimum atomic E-state index is -0.527. The number of ether oxygens (including phenoxy) is 1. The van der Waals surface area contributed by atoms with Crippen LogP contribution in [-0.4, -0.2) is 53.1 Å². The molecule has 1 atom stereocenters. The molecule has 5 heterocycles. The molecule has 1 fully saturated rings. The molecule has 0 aliphatic carbocycles. The predicted octanol–water partition coefficient (Wildman–Crippen LogP) is 4.32. The van der Waals surface area contributed by atoms with E-state index in [1.54, 1.807) is 6.20 Å².